The second kappa shape index (κ2) is 7.50. The molecule has 0 unspecified atom stereocenters. The molecule has 0 atom stereocenters. The minimum Gasteiger partial charge on any atom is -0.374 e. The summed E-state index contributed by atoms with van der Waals surface area (Å²) in [6, 6.07) is 0. The summed E-state index contributed by atoms with van der Waals surface area (Å²) in [4.78, 5) is 9.38. The summed E-state index contributed by atoms with van der Waals surface area (Å²) in [7, 11) is -0.592. The van der Waals surface area contributed by atoms with Gasteiger partial charge in [0.25, 0.3) is 0 Å². The van der Waals surface area contributed by atoms with Crippen LogP contribution in [0, 0.1) is 0 Å². The fourth-order valence-corrected chi connectivity index (χ4v) is 2.38. The average molecular weight is 162 g/mol. The van der Waals surface area contributed by atoms with Crippen LogP contribution in [0.3, 0.4) is 0 Å². The van der Waals surface area contributed by atoms with E-state index in [0.717, 1.165) is 12.3 Å². The monoisotopic (exact) mass is 162 g/mol. The van der Waals surface area contributed by atoms with E-state index in [1.807, 2.05) is 0 Å². The predicted molar refractivity (Wildman–Crippen MR) is 48.7 cm³/mol. The Balaban J connectivity index is 3.00. The molecule has 62 valence electrons. The van der Waals surface area contributed by atoms with E-state index in [4.69, 9.17) is 0 Å². The zero-order valence-corrected chi connectivity index (χ0v) is 8.03. The summed E-state index contributed by atoms with van der Waals surface area (Å²) in [5, 5.41) is 0. The Kier molecular flexibility index (Phi) is 7.79. The van der Waals surface area contributed by atoms with Gasteiger partial charge in [-0.3, -0.25) is 0 Å². The van der Waals surface area contributed by atoms with Crippen LogP contribution in [-0.2, 0) is 0 Å². The van der Waals surface area contributed by atoms with Crippen molar-refractivity contribution in [1.82, 2.24) is 0 Å². The molecule has 0 spiro atoms. The van der Waals surface area contributed by atoms with E-state index in [9.17, 15) is 4.89 Å². The molecule has 0 aliphatic heterocycles. The Hall–Kier alpha value is 0.390. The van der Waals surface area contributed by atoms with Crippen molar-refractivity contribution >= 4 is 8.15 Å². The molecule has 0 heterocycles. The van der Waals surface area contributed by atoms with E-state index in [2.05, 4.69) is 13.8 Å². The summed E-state index contributed by atoms with van der Waals surface area (Å²) in [5.74, 6) is 0. The Labute approximate surface area is 65.7 Å². The van der Waals surface area contributed by atoms with Crippen LogP contribution in [0.1, 0.15) is 39.5 Å². The van der Waals surface area contributed by atoms with Crippen LogP contribution in [0.5, 0.6) is 0 Å². The van der Waals surface area contributed by atoms with Crippen molar-refractivity contribution in [3.8, 4) is 0 Å². The lowest BCUT2D eigenvalue weighted by atomic mass is 10.4. The molecule has 0 rings (SSSR count). The average Bonchev–Trinajstić information content (AvgIpc) is 1.97. The van der Waals surface area contributed by atoms with Crippen LogP contribution in [0.4, 0.5) is 0 Å². The van der Waals surface area contributed by atoms with Crippen molar-refractivity contribution in [1.29, 1.82) is 0 Å². The maximum absolute atomic E-state index is 9.38. The molecule has 0 bridgehead atoms. The Morgan fingerprint density at radius 2 is 1.40 bits per heavy atom. The maximum atomic E-state index is 9.38. The van der Waals surface area contributed by atoms with Crippen LogP contribution in [0.25, 0.3) is 0 Å². The summed E-state index contributed by atoms with van der Waals surface area (Å²) < 4.78 is 0. The molecule has 0 saturated carbocycles. The number of hydrogen-bond donors (Lipinski definition) is 1. The van der Waals surface area contributed by atoms with E-state index >= 15 is 0 Å². The Bertz CT molecular complexity index is 58.3. The SMILES string of the molecule is CCCCP(O)CCCC. The molecular weight excluding hydrogens is 143 g/mol. The van der Waals surface area contributed by atoms with Gasteiger partial charge in [0, 0.05) is 8.15 Å². The first-order valence-corrected chi connectivity index (χ1v) is 5.91. The first kappa shape index (κ1) is 10.4. The molecule has 1 nitrogen and oxygen atoms in total. The van der Waals surface area contributed by atoms with E-state index in [1.54, 1.807) is 0 Å². The Morgan fingerprint density at radius 1 is 1.00 bits per heavy atom. The molecule has 0 aromatic heterocycles. The fourth-order valence-electron chi connectivity index (χ4n) is 0.793. The third kappa shape index (κ3) is 6.51. The van der Waals surface area contributed by atoms with Gasteiger partial charge in [-0.2, -0.15) is 0 Å². The molecule has 0 amide bonds. The van der Waals surface area contributed by atoms with Gasteiger partial charge in [-0.1, -0.05) is 26.7 Å². The molecule has 2 heteroatoms. The van der Waals surface area contributed by atoms with E-state index in [-0.39, 0.29) is 0 Å². The van der Waals surface area contributed by atoms with Gasteiger partial charge in [0.15, 0.2) is 0 Å². The van der Waals surface area contributed by atoms with Gasteiger partial charge in [-0.05, 0) is 25.2 Å². The highest BCUT2D eigenvalue weighted by Gasteiger charge is 2.00. The molecule has 0 saturated heterocycles. The zero-order valence-electron chi connectivity index (χ0n) is 7.14. The lowest BCUT2D eigenvalue weighted by Crippen LogP contribution is -1.88. The lowest BCUT2D eigenvalue weighted by molar-refractivity contribution is 0.613. The third-order valence-electron chi connectivity index (χ3n) is 1.54. The van der Waals surface area contributed by atoms with Gasteiger partial charge >= 0.3 is 0 Å². The van der Waals surface area contributed by atoms with E-state index < -0.39 is 8.15 Å². The van der Waals surface area contributed by atoms with Crippen LogP contribution < -0.4 is 0 Å². The molecular formula is C8H19OP. The van der Waals surface area contributed by atoms with E-state index in [0.29, 0.717) is 0 Å². The topological polar surface area (TPSA) is 20.2 Å². The summed E-state index contributed by atoms with van der Waals surface area (Å²) in [5.41, 5.74) is 0. The number of unbranched alkanes of at least 4 members (excludes halogenated alkanes) is 2. The molecule has 0 aliphatic carbocycles. The lowest BCUT2D eigenvalue weighted by Gasteiger charge is -2.07. The fraction of sp³-hybridized carbons (Fsp3) is 1.00. The maximum Gasteiger partial charge on any atom is 0.0251 e. The zero-order chi connectivity index (χ0) is 7.82. The highest BCUT2D eigenvalue weighted by atomic mass is 31.1. The standard InChI is InChI=1S/C8H19OP/c1-3-5-7-10(9)8-6-4-2/h9H,3-8H2,1-2H3. The molecule has 0 radical (unpaired) electrons. The summed E-state index contributed by atoms with van der Waals surface area (Å²) in [6.07, 6.45) is 6.95. The molecule has 0 aromatic rings. The minimum absolute atomic E-state index is 0.592. The first-order valence-electron chi connectivity index (χ1n) is 4.25. The van der Waals surface area contributed by atoms with Crippen LogP contribution in [0.15, 0.2) is 0 Å². The molecule has 10 heavy (non-hydrogen) atoms. The molecule has 1 N–H and O–H groups in total. The summed E-state index contributed by atoms with van der Waals surface area (Å²) in [6.45, 7) is 4.34. The van der Waals surface area contributed by atoms with Gasteiger partial charge < -0.3 is 4.89 Å². The van der Waals surface area contributed by atoms with Gasteiger partial charge in [-0.25, -0.2) is 0 Å². The van der Waals surface area contributed by atoms with Crippen molar-refractivity contribution in [3.63, 3.8) is 0 Å². The summed E-state index contributed by atoms with van der Waals surface area (Å²) >= 11 is 0. The highest BCUT2D eigenvalue weighted by Crippen LogP contribution is 2.31. The van der Waals surface area contributed by atoms with Gasteiger partial charge in [0.05, 0.1) is 0 Å². The Morgan fingerprint density at radius 3 is 1.70 bits per heavy atom. The van der Waals surface area contributed by atoms with Crippen LogP contribution >= 0.6 is 8.15 Å². The van der Waals surface area contributed by atoms with Gasteiger partial charge in [0.2, 0.25) is 0 Å². The second-order valence-corrected chi connectivity index (χ2v) is 4.57. The van der Waals surface area contributed by atoms with Gasteiger partial charge in [0.1, 0.15) is 0 Å². The van der Waals surface area contributed by atoms with Gasteiger partial charge in [-0.15, -0.1) is 0 Å². The van der Waals surface area contributed by atoms with Crippen molar-refractivity contribution in [2.75, 3.05) is 12.3 Å². The van der Waals surface area contributed by atoms with Crippen LogP contribution in [0.2, 0.25) is 0 Å². The number of rotatable bonds is 6. The van der Waals surface area contributed by atoms with Crippen molar-refractivity contribution in [3.05, 3.63) is 0 Å². The number of hydrogen-bond acceptors (Lipinski definition) is 1. The molecule has 0 aromatic carbocycles. The van der Waals surface area contributed by atoms with Crippen molar-refractivity contribution in [2.45, 2.75) is 39.5 Å². The van der Waals surface area contributed by atoms with Crippen molar-refractivity contribution in [2.24, 2.45) is 0 Å². The minimum atomic E-state index is -0.592. The smallest absolute Gasteiger partial charge is 0.0251 e. The van der Waals surface area contributed by atoms with Crippen LogP contribution in [-0.4, -0.2) is 17.2 Å². The molecule has 0 aliphatic rings. The third-order valence-corrected chi connectivity index (χ3v) is 3.20. The van der Waals surface area contributed by atoms with E-state index in [1.165, 1.54) is 25.7 Å². The first-order chi connectivity index (χ1) is 4.81. The second-order valence-electron chi connectivity index (χ2n) is 2.66. The largest absolute Gasteiger partial charge is 0.374 e. The highest BCUT2D eigenvalue weighted by molar-refractivity contribution is 7.51. The predicted octanol–water partition coefficient (Wildman–Crippen LogP) is 2.98. The van der Waals surface area contributed by atoms with Crippen molar-refractivity contribution < 1.29 is 4.89 Å². The molecule has 0 fully saturated rings. The normalized spacial score (nSPS) is 10.8. The quantitative estimate of drug-likeness (QED) is 0.595.